The number of nitrogens with one attached hydrogen (secondary N) is 2. The molecule has 0 heterocycles. The van der Waals surface area contributed by atoms with Crippen LogP contribution in [0.5, 0.6) is 17.2 Å². The van der Waals surface area contributed by atoms with E-state index in [1.807, 2.05) is 24.3 Å². The maximum atomic E-state index is 12.5. The van der Waals surface area contributed by atoms with Gasteiger partial charge in [-0.3, -0.25) is 9.59 Å². The summed E-state index contributed by atoms with van der Waals surface area (Å²) in [4.78, 5) is 36.4. The topological polar surface area (TPSA) is 114 Å². The van der Waals surface area contributed by atoms with Crippen molar-refractivity contribution in [2.45, 2.75) is 44.2 Å². The Balaban J connectivity index is 1.06. The molecule has 1 aliphatic rings. The van der Waals surface area contributed by atoms with E-state index in [4.69, 9.17) is 21.1 Å². The van der Waals surface area contributed by atoms with E-state index in [1.54, 1.807) is 66.7 Å². The molecule has 43 heavy (non-hydrogen) atoms. The minimum atomic E-state index is -1.10. The number of anilines is 1. The number of ether oxygens (including phenoxy) is 2. The highest BCUT2D eigenvalue weighted by Crippen LogP contribution is 2.28. The van der Waals surface area contributed by atoms with Gasteiger partial charge in [0, 0.05) is 6.04 Å². The molecule has 0 radical (unpaired) electrons. The minimum Gasteiger partial charge on any atom is -0.490 e. The second-order valence-corrected chi connectivity index (χ2v) is 10.7. The predicted molar refractivity (Wildman–Crippen MR) is 164 cm³/mol. The smallest absolute Gasteiger partial charge is 0.337 e. The summed E-state index contributed by atoms with van der Waals surface area (Å²) in [5.41, 5.74) is 1.56. The van der Waals surface area contributed by atoms with E-state index in [0.717, 1.165) is 37.0 Å². The second-order valence-electron chi connectivity index (χ2n) is 10.3. The molecule has 4 aromatic rings. The van der Waals surface area contributed by atoms with Gasteiger partial charge < -0.3 is 25.2 Å². The first-order valence-corrected chi connectivity index (χ1v) is 14.4. The highest BCUT2D eigenvalue weighted by molar-refractivity contribution is 6.33. The first-order valence-electron chi connectivity index (χ1n) is 14.0. The number of hydrogen-bond donors (Lipinski definition) is 3. The van der Waals surface area contributed by atoms with Crippen LogP contribution in [0.15, 0.2) is 97.1 Å². The Morgan fingerprint density at radius 2 is 1.33 bits per heavy atom. The van der Waals surface area contributed by atoms with Gasteiger partial charge >= 0.3 is 5.97 Å². The number of carboxylic acid groups (broad SMARTS) is 1. The van der Waals surface area contributed by atoms with Crippen LogP contribution in [0, 0.1) is 0 Å². The molecule has 1 fully saturated rings. The average Bonchev–Trinajstić information content (AvgIpc) is 3.00. The number of amides is 2. The van der Waals surface area contributed by atoms with Gasteiger partial charge in [0.2, 0.25) is 5.91 Å². The Morgan fingerprint density at radius 3 is 1.98 bits per heavy atom. The maximum Gasteiger partial charge on any atom is 0.337 e. The zero-order valence-electron chi connectivity index (χ0n) is 23.3. The predicted octanol–water partition coefficient (Wildman–Crippen LogP) is 7.13. The Morgan fingerprint density at radius 1 is 0.744 bits per heavy atom. The SMILES string of the molecule is O=C(Cc1ccc(Oc2ccc(OC3CCC(NC(=O)c4ccccc4Cl)CC3)cc2)cc1)Nc1ccccc1C(=O)O. The molecule has 0 aromatic heterocycles. The fourth-order valence-corrected chi connectivity index (χ4v) is 5.20. The zero-order chi connectivity index (χ0) is 30.2. The van der Waals surface area contributed by atoms with Crippen molar-refractivity contribution in [3.05, 3.63) is 119 Å². The summed E-state index contributed by atoms with van der Waals surface area (Å²) in [5.74, 6) is 0.456. The van der Waals surface area contributed by atoms with Crippen LogP contribution in [0.25, 0.3) is 0 Å². The lowest BCUT2D eigenvalue weighted by molar-refractivity contribution is -0.115. The van der Waals surface area contributed by atoms with Gasteiger partial charge in [0.25, 0.3) is 5.91 Å². The van der Waals surface area contributed by atoms with Crippen LogP contribution in [0.3, 0.4) is 0 Å². The van der Waals surface area contributed by atoms with Crippen LogP contribution < -0.4 is 20.1 Å². The van der Waals surface area contributed by atoms with Gasteiger partial charge in [-0.05, 0) is 91.9 Å². The van der Waals surface area contributed by atoms with Crippen molar-refractivity contribution in [3.8, 4) is 17.2 Å². The summed E-state index contributed by atoms with van der Waals surface area (Å²) < 4.78 is 12.1. The Labute approximate surface area is 254 Å². The fraction of sp³-hybridized carbons (Fsp3) is 0.206. The molecule has 5 rings (SSSR count). The average molecular weight is 599 g/mol. The number of carbonyl (C=O) groups excluding carboxylic acids is 2. The molecule has 0 atom stereocenters. The van der Waals surface area contributed by atoms with Crippen LogP contribution in [-0.4, -0.2) is 35.0 Å². The number of hydrogen-bond acceptors (Lipinski definition) is 5. The molecule has 9 heteroatoms. The Kier molecular flexibility index (Phi) is 9.59. The van der Waals surface area contributed by atoms with Gasteiger partial charge in [-0.15, -0.1) is 0 Å². The van der Waals surface area contributed by atoms with Crippen molar-refractivity contribution in [1.29, 1.82) is 0 Å². The summed E-state index contributed by atoms with van der Waals surface area (Å²) >= 11 is 6.15. The van der Waals surface area contributed by atoms with E-state index in [2.05, 4.69) is 10.6 Å². The molecular formula is C34H31ClN2O6. The normalized spacial score (nSPS) is 16.1. The molecule has 0 spiro atoms. The highest BCUT2D eigenvalue weighted by atomic mass is 35.5. The number of halogens is 1. The molecule has 1 aliphatic carbocycles. The first kappa shape index (κ1) is 29.7. The molecule has 2 amide bonds. The Hall–Kier alpha value is -4.82. The largest absolute Gasteiger partial charge is 0.490 e. The van der Waals surface area contributed by atoms with E-state index < -0.39 is 5.97 Å². The molecule has 3 N–H and O–H groups in total. The molecular weight excluding hydrogens is 568 g/mol. The lowest BCUT2D eigenvalue weighted by atomic mass is 9.92. The maximum absolute atomic E-state index is 12.5. The van der Waals surface area contributed by atoms with Crippen molar-refractivity contribution in [2.75, 3.05) is 5.32 Å². The quantitative estimate of drug-likeness (QED) is 0.179. The van der Waals surface area contributed by atoms with E-state index in [1.165, 1.54) is 6.07 Å². The summed E-state index contributed by atoms with van der Waals surface area (Å²) in [6.45, 7) is 0. The minimum absolute atomic E-state index is 0.0408. The van der Waals surface area contributed by atoms with Gasteiger partial charge in [0.1, 0.15) is 17.2 Å². The molecule has 0 saturated heterocycles. The third-order valence-corrected chi connectivity index (χ3v) is 7.54. The van der Waals surface area contributed by atoms with Crippen LogP contribution in [-0.2, 0) is 11.2 Å². The van der Waals surface area contributed by atoms with Crippen molar-refractivity contribution >= 4 is 35.1 Å². The van der Waals surface area contributed by atoms with E-state index in [9.17, 15) is 19.5 Å². The van der Waals surface area contributed by atoms with Crippen molar-refractivity contribution < 1.29 is 29.0 Å². The number of rotatable bonds is 10. The Bertz CT molecular complexity index is 1580. The number of para-hydroxylation sites is 1. The van der Waals surface area contributed by atoms with E-state index in [0.29, 0.717) is 22.1 Å². The van der Waals surface area contributed by atoms with Gasteiger partial charge in [-0.25, -0.2) is 4.79 Å². The van der Waals surface area contributed by atoms with Gasteiger partial charge in [0.05, 0.1) is 34.4 Å². The van der Waals surface area contributed by atoms with Gasteiger partial charge in [0.15, 0.2) is 0 Å². The van der Waals surface area contributed by atoms with Crippen LogP contribution >= 0.6 is 11.6 Å². The van der Waals surface area contributed by atoms with Gasteiger partial charge in [-0.2, -0.15) is 0 Å². The first-order chi connectivity index (χ1) is 20.8. The molecule has 1 saturated carbocycles. The highest BCUT2D eigenvalue weighted by Gasteiger charge is 2.24. The van der Waals surface area contributed by atoms with E-state index >= 15 is 0 Å². The van der Waals surface area contributed by atoms with Crippen molar-refractivity contribution in [3.63, 3.8) is 0 Å². The molecule has 0 unspecified atom stereocenters. The molecule has 4 aromatic carbocycles. The molecule has 0 bridgehead atoms. The van der Waals surface area contributed by atoms with Crippen LogP contribution in [0.1, 0.15) is 52.0 Å². The number of aromatic carboxylic acids is 1. The van der Waals surface area contributed by atoms with Crippen LogP contribution in [0.2, 0.25) is 5.02 Å². The number of benzene rings is 4. The lowest BCUT2D eigenvalue weighted by Gasteiger charge is -2.29. The molecule has 8 nitrogen and oxygen atoms in total. The van der Waals surface area contributed by atoms with Crippen molar-refractivity contribution in [2.24, 2.45) is 0 Å². The number of carbonyl (C=O) groups is 3. The van der Waals surface area contributed by atoms with Crippen molar-refractivity contribution in [1.82, 2.24) is 5.32 Å². The summed E-state index contributed by atoms with van der Waals surface area (Å²) in [6.07, 6.45) is 3.49. The summed E-state index contributed by atoms with van der Waals surface area (Å²) in [6, 6.07) is 28.0. The molecule has 220 valence electrons. The van der Waals surface area contributed by atoms with Gasteiger partial charge in [-0.1, -0.05) is 48.0 Å². The third kappa shape index (κ3) is 8.14. The standard InChI is InChI=1S/C34H31ClN2O6/c35-30-7-3-1-5-28(30)33(39)36-23-11-15-25(16-12-23)43-27-19-17-26(18-20-27)42-24-13-9-22(10-14-24)21-32(38)37-31-8-4-2-6-29(31)34(40)41/h1-10,13-14,17-20,23,25H,11-12,15-16,21H2,(H,36,39)(H,37,38)(H,40,41). The molecule has 0 aliphatic heterocycles. The zero-order valence-corrected chi connectivity index (χ0v) is 24.1. The monoisotopic (exact) mass is 598 g/mol. The number of carboxylic acids is 1. The van der Waals surface area contributed by atoms with E-state index in [-0.39, 0.29) is 41.6 Å². The third-order valence-electron chi connectivity index (χ3n) is 7.21. The second kappa shape index (κ2) is 13.9. The fourth-order valence-electron chi connectivity index (χ4n) is 4.98. The summed E-state index contributed by atoms with van der Waals surface area (Å²) in [5, 5.41) is 15.5. The van der Waals surface area contributed by atoms with Crippen LogP contribution in [0.4, 0.5) is 5.69 Å². The lowest BCUT2D eigenvalue weighted by Crippen LogP contribution is -2.39. The summed E-state index contributed by atoms with van der Waals surface area (Å²) in [7, 11) is 0.